The number of piperazine rings is 1. The predicted octanol–water partition coefficient (Wildman–Crippen LogP) is 3.74. The second-order valence-corrected chi connectivity index (χ2v) is 9.77. The van der Waals surface area contributed by atoms with E-state index in [0.717, 1.165) is 37.4 Å². The SMILES string of the molecule is CC(C)c1ccc(S(=O)(=O)NC(C)c2cc(F)ccc2N2CCN(C)CC2)cc1. The Labute approximate surface area is 173 Å². The molecule has 1 N–H and O–H groups in total. The van der Waals surface area contributed by atoms with Gasteiger partial charge in [-0.15, -0.1) is 0 Å². The molecule has 2 aromatic carbocycles. The molecule has 0 aromatic heterocycles. The van der Waals surface area contributed by atoms with Gasteiger partial charge in [0.05, 0.1) is 4.90 Å². The van der Waals surface area contributed by atoms with Crippen molar-refractivity contribution in [2.45, 2.75) is 37.6 Å². The fraction of sp³-hybridized carbons (Fsp3) is 0.455. The van der Waals surface area contributed by atoms with Crippen LogP contribution < -0.4 is 9.62 Å². The predicted molar refractivity (Wildman–Crippen MR) is 115 cm³/mol. The van der Waals surface area contributed by atoms with Crippen LogP contribution >= 0.6 is 0 Å². The maximum atomic E-state index is 14.0. The lowest BCUT2D eigenvalue weighted by Gasteiger charge is -2.36. The summed E-state index contributed by atoms with van der Waals surface area (Å²) < 4.78 is 42.5. The fourth-order valence-corrected chi connectivity index (χ4v) is 4.83. The summed E-state index contributed by atoms with van der Waals surface area (Å²) >= 11 is 0. The number of anilines is 1. The van der Waals surface area contributed by atoms with Crippen molar-refractivity contribution in [3.8, 4) is 0 Å². The van der Waals surface area contributed by atoms with Gasteiger partial charge in [-0.1, -0.05) is 26.0 Å². The van der Waals surface area contributed by atoms with Gasteiger partial charge in [0.25, 0.3) is 0 Å². The van der Waals surface area contributed by atoms with Crippen molar-refractivity contribution in [2.24, 2.45) is 0 Å². The number of hydrogen-bond acceptors (Lipinski definition) is 4. The summed E-state index contributed by atoms with van der Waals surface area (Å²) in [7, 11) is -1.64. The highest BCUT2D eigenvalue weighted by atomic mass is 32.2. The maximum Gasteiger partial charge on any atom is 0.241 e. The highest BCUT2D eigenvalue weighted by Gasteiger charge is 2.24. The van der Waals surface area contributed by atoms with Gasteiger partial charge in [0.2, 0.25) is 10.0 Å². The first-order valence-corrected chi connectivity index (χ1v) is 11.5. The molecule has 1 atom stereocenters. The summed E-state index contributed by atoms with van der Waals surface area (Å²) in [5.74, 6) is -0.0395. The lowest BCUT2D eigenvalue weighted by atomic mass is 10.0. The van der Waals surface area contributed by atoms with Crippen LogP contribution in [0.5, 0.6) is 0 Å². The van der Waals surface area contributed by atoms with Gasteiger partial charge in [-0.3, -0.25) is 0 Å². The molecule has 1 aliphatic heterocycles. The van der Waals surface area contributed by atoms with Crippen LogP contribution in [0.4, 0.5) is 10.1 Å². The van der Waals surface area contributed by atoms with Gasteiger partial charge in [0.15, 0.2) is 0 Å². The average Bonchev–Trinajstić information content (AvgIpc) is 2.68. The van der Waals surface area contributed by atoms with Crippen molar-refractivity contribution < 1.29 is 12.8 Å². The molecule has 0 saturated carbocycles. The van der Waals surface area contributed by atoms with Gasteiger partial charge in [-0.05, 0) is 61.3 Å². The minimum atomic E-state index is -3.72. The van der Waals surface area contributed by atoms with Crippen LogP contribution in [-0.4, -0.2) is 46.5 Å². The zero-order valence-electron chi connectivity index (χ0n) is 17.5. The van der Waals surface area contributed by atoms with Crippen LogP contribution in [0, 0.1) is 5.82 Å². The first-order valence-electron chi connectivity index (χ1n) is 10.0. The van der Waals surface area contributed by atoms with E-state index in [2.05, 4.69) is 35.4 Å². The molecular formula is C22H30FN3O2S. The van der Waals surface area contributed by atoms with Gasteiger partial charge in [-0.2, -0.15) is 0 Å². The summed E-state index contributed by atoms with van der Waals surface area (Å²) in [5, 5.41) is 0. The number of rotatable bonds is 6. The Balaban J connectivity index is 1.84. The second kappa shape index (κ2) is 8.81. The summed E-state index contributed by atoms with van der Waals surface area (Å²) in [6, 6.07) is 11.0. The monoisotopic (exact) mass is 419 g/mol. The smallest absolute Gasteiger partial charge is 0.241 e. The first kappa shape index (κ1) is 21.7. The van der Waals surface area contributed by atoms with Crippen LogP contribution in [0.15, 0.2) is 47.4 Å². The fourth-order valence-electron chi connectivity index (χ4n) is 3.60. The van der Waals surface area contributed by atoms with Crippen molar-refractivity contribution in [1.82, 2.24) is 9.62 Å². The normalized spacial score (nSPS) is 17.0. The van der Waals surface area contributed by atoms with Crippen molar-refractivity contribution >= 4 is 15.7 Å². The van der Waals surface area contributed by atoms with E-state index in [-0.39, 0.29) is 10.7 Å². The van der Waals surface area contributed by atoms with E-state index in [1.54, 1.807) is 25.1 Å². The highest BCUT2D eigenvalue weighted by molar-refractivity contribution is 7.89. The molecule has 1 heterocycles. The Bertz CT molecular complexity index is 937. The lowest BCUT2D eigenvalue weighted by molar-refractivity contribution is 0.312. The van der Waals surface area contributed by atoms with E-state index >= 15 is 0 Å². The van der Waals surface area contributed by atoms with Crippen LogP contribution in [0.2, 0.25) is 0 Å². The summed E-state index contributed by atoms with van der Waals surface area (Å²) in [6.45, 7) is 9.37. The van der Waals surface area contributed by atoms with Crippen molar-refractivity contribution in [3.63, 3.8) is 0 Å². The second-order valence-electron chi connectivity index (χ2n) is 8.06. The number of sulfonamides is 1. The largest absolute Gasteiger partial charge is 0.369 e. The molecule has 5 nitrogen and oxygen atoms in total. The average molecular weight is 420 g/mol. The summed E-state index contributed by atoms with van der Waals surface area (Å²) in [6.07, 6.45) is 0. The van der Waals surface area contributed by atoms with E-state index in [1.807, 2.05) is 12.1 Å². The quantitative estimate of drug-likeness (QED) is 0.775. The van der Waals surface area contributed by atoms with E-state index < -0.39 is 16.1 Å². The molecular weight excluding hydrogens is 389 g/mol. The zero-order chi connectivity index (χ0) is 21.2. The molecule has 0 aliphatic carbocycles. The Morgan fingerprint density at radius 2 is 1.59 bits per heavy atom. The Kier molecular flexibility index (Phi) is 6.61. The van der Waals surface area contributed by atoms with E-state index in [4.69, 9.17) is 0 Å². The molecule has 2 aromatic rings. The standard InChI is InChI=1S/C22H30FN3O2S/c1-16(2)18-5-8-20(9-6-18)29(27,28)24-17(3)21-15-19(23)7-10-22(21)26-13-11-25(4)12-14-26/h5-10,15-17,24H,11-14H2,1-4H3. The minimum absolute atomic E-state index is 0.214. The number of nitrogens with zero attached hydrogens (tertiary/aromatic N) is 2. The molecule has 0 bridgehead atoms. The Hall–Kier alpha value is -1.96. The third-order valence-electron chi connectivity index (χ3n) is 5.49. The Morgan fingerprint density at radius 3 is 2.17 bits per heavy atom. The molecule has 158 valence electrons. The minimum Gasteiger partial charge on any atom is -0.369 e. The van der Waals surface area contributed by atoms with E-state index in [9.17, 15) is 12.8 Å². The van der Waals surface area contributed by atoms with Gasteiger partial charge >= 0.3 is 0 Å². The zero-order valence-corrected chi connectivity index (χ0v) is 18.3. The van der Waals surface area contributed by atoms with Crippen LogP contribution in [-0.2, 0) is 10.0 Å². The number of hydrogen-bond donors (Lipinski definition) is 1. The molecule has 3 rings (SSSR count). The Morgan fingerprint density at radius 1 is 0.966 bits per heavy atom. The third kappa shape index (κ3) is 5.15. The number of benzene rings is 2. The molecule has 1 unspecified atom stereocenters. The van der Waals surface area contributed by atoms with E-state index in [0.29, 0.717) is 11.5 Å². The molecule has 0 radical (unpaired) electrons. The van der Waals surface area contributed by atoms with Crippen LogP contribution in [0.25, 0.3) is 0 Å². The van der Waals surface area contributed by atoms with Crippen molar-refractivity contribution in [2.75, 3.05) is 38.1 Å². The number of halogens is 1. The van der Waals surface area contributed by atoms with Gasteiger partial charge in [0.1, 0.15) is 5.82 Å². The first-order chi connectivity index (χ1) is 13.7. The molecule has 0 spiro atoms. The summed E-state index contributed by atoms with van der Waals surface area (Å²) in [5.41, 5.74) is 2.61. The molecule has 7 heteroatoms. The number of likely N-dealkylation sites (N-methyl/N-ethyl adjacent to an activating group) is 1. The molecule has 1 saturated heterocycles. The van der Waals surface area contributed by atoms with E-state index in [1.165, 1.54) is 12.1 Å². The van der Waals surface area contributed by atoms with Gasteiger partial charge < -0.3 is 9.80 Å². The highest BCUT2D eigenvalue weighted by Crippen LogP contribution is 2.29. The maximum absolute atomic E-state index is 14.0. The van der Waals surface area contributed by atoms with Crippen molar-refractivity contribution in [1.29, 1.82) is 0 Å². The summed E-state index contributed by atoms with van der Waals surface area (Å²) in [4.78, 5) is 4.65. The molecule has 1 fully saturated rings. The third-order valence-corrected chi connectivity index (χ3v) is 7.05. The van der Waals surface area contributed by atoms with Gasteiger partial charge in [-0.25, -0.2) is 17.5 Å². The molecule has 1 aliphatic rings. The van der Waals surface area contributed by atoms with Crippen LogP contribution in [0.1, 0.15) is 43.9 Å². The molecule has 0 amide bonds. The van der Waals surface area contributed by atoms with Crippen molar-refractivity contribution in [3.05, 3.63) is 59.4 Å². The topological polar surface area (TPSA) is 52.7 Å². The van der Waals surface area contributed by atoms with Crippen LogP contribution in [0.3, 0.4) is 0 Å². The van der Waals surface area contributed by atoms with Gasteiger partial charge in [0, 0.05) is 37.9 Å². The molecule has 29 heavy (non-hydrogen) atoms. The number of nitrogens with one attached hydrogen (secondary N) is 1. The lowest BCUT2D eigenvalue weighted by Crippen LogP contribution is -2.45.